The third-order valence-electron chi connectivity index (χ3n) is 7.37. The molecule has 4 rings (SSSR count). The first-order valence-corrected chi connectivity index (χ1v) is 14.1. The van der Waals surface area contributed by atoms with Crippen LogP contribution in [0.25, 0.3) is 0 Å². The lowest BCUT2D eigenvalue weighted by molar-refractivity contribution is -0.159. The SMILES string of the molecule is CC(C)[C@@H]1CC[C@H](C)C[C@@H]1OC(=O)COC(=O)c1cccc(S(=O)(=O)N2CCc3ccccc3C2)c1. The topological polar surface area (TPSA) is 90.0 Å². The van der Waals surface area contributed by atoms with E-state index >= 15 is 0 Å². The van der Waals surface area contributed by atoms with Crippen LogP contribution in [0.4, 0.5) is 0 Å². The summed E-state index contributed by atoms with van der Waals surface area (Å²) in [7, 11) is -3.80. The molecule has 3 atom stereocenters. The highest BCUT2D eigenvalue weighted by atomic mass is 32.2. The van der Waals surface area contributed by atoms with Gasteiger partial charge in [0.2, 0.25) is 10.0 Å². The Hall–Kier alpha value is -2.71. The second-order valence-electron chi connectivity index (χ2n) is 10.3. The fourth-order valence-electron chi connectivity index (χ4n) is 5.27. The Morgan fingerprint density at radius 2 is 1.81 bits per heavy atom. The van der Waals surface area contributed by atoms with Crippen molar-refractivity contribution in [3.63, 3.8) is 0 Å². The fraction of sp³-hybridized carbons (Fsp3) is 0.500. The van der Waals surface area contributed by atoms with Gasteiger partial charge in [-0.3, -0.25) is 0 Å². The minimum absolute atomic E-state index is 0.0230. The summed E-state index contributed by atoms with van der Waals surface area (Å²) >= 11 is 0. The van der Waals surface area contributed by atoms with Gasteiger partial charge < -0.3 is 9.47 Å². The maximum Gasteiger partial charge on any atom is 0.344 e. The van der Waals surface area contributed by atoms with Crippen LogP contribution < -0.4 is 0 Å². The highest BCUT2D eigenvalue weighted by Crippen LogP contribution is 2.35. The molecule has 1 heterocycles. The van der Waals surface area contributed by atoms with E-state index in [-0.39, 0.29) is 23.1 Å². The number of ether oxygens (including phenoxy) is 2. The minimum atomic E-state index is -3.80. The lowest BCUT2D eigenvalue weighted by Crippen LogP contribution is -2.36. The molecule has 8 heteroatoms. The fourth-order valence-corrected chi connectivity index (χ4v) is 6.73. The normalized spacial score (nSPS) is 22.6. The first-order valence-electron chi connectivity index (χ1n) is 12.7. The maximum absolute atomic E-state index is 13.3. The maximum atomic E-state index is 13.3. The van der Waals surface area contributed by atoms with Crippen molar-refractivity contribution in [1.29, 1.82) is 0 Å². The zero-order chi connectivity index (χ0) is 25.9. The van der Waals surface area contributed by atoms with Gasteiger partial charge in [0.1, 0.15) is 6.10 Å². The molecule has 0 spiro atoms. The van der Waals surface area contributed by atoms with Crippen LogP contribution in [0.3, 0.4) is 0 Å². The van der Waals surface area contributed by atoms with Crippen molar-refractivity contribution in [2.45, 2.75) is 64.0 Å². The molecule has 0 saturated heterocycles. The van der Waals surface area contributed by atoms with Crippen molar-refractivity contribution >= 4 is 22.0 Å². The van der Waals surface area contributed by atoms with Crippen LogP contribution in [0.2, 0.25) is 0 Å². The number of rotatable bonds is 7. The minimum Gasteiger partial charge on any atom is -0.460 e. The largest absolute Gasteiger partial charge is 0.460 e. The zero-order valence-electron chi connectivity index (χ0n) is 21.2. The molecule has 0 aromatic heterocycles. The number of benzene rings is 2. The molecule has 1 aliphatic carbocycles. The summed E-state index contributed by atoms with van der Waals surface area (Å²) in [5.41, 5.74) is 2.21. The number of fused-ring (bicyclic) bond motifs is 1. The van der Waals surface area contributed by atoms with Gasteiger partial charge in [-0.2, -0.15) is 4.31 Å². The van der Waals surface area contributed by atoms with Gasteiger partial charge >= 0.3 is 11.9 Å². The monoisotopic (exact) mass is 513 g/mol. The van der Waals surface area contributed by atoms with Gasteiger partial charge in [-0.15, -0.1) is 0 Å². The molecule has 0 amide bonds. The van der Waals surface area contributed by atoms with E-state index in [2.05, 4.69) is 20.8 Å². The third-order valence-corrected chi connectivity index (χ3v) is 9.21. The van der Waals surface area contributed by atoms with Crippen LogP contribution in [0.5, 0.6) is 0 Å². The van der Waals surface area contributed by atoms with E-state index in [4.69, 9.17) is 9.47 Å². The Bertz CT molecular complexity index is 1210. The van der Waals surface area contributed by atoms with E-state index < -0.39 is 28.6 Å². The van der Waals surface area contributed by atoms with E-state index in [1.165, 1.54) is 28.6 Å². The molecular formula is C28H35NO6S. The van der Waals surface area contributed by atoms with Crippen LogP contribution in [0.1, 0.15) is 61.5 Å². The van der Waals surface area contributed by atoms with Gasteiger partial charge in [-0.25, -0.2) is 18.0 Å². The molecule has 194 valence electrons. The molecule has 2 aliphatic rings. The smallest absolute Gasteiger partial charge is 0.344 e. The molecule has 2 aromatic carbocycles. The summed E-state index contributed by atoms with van der Waals surface area (Å²) in [4.78, 5) is 25.1. The Morgan fingerprint density at radius 3 is 2.56 bits per heavy atom. The highest BCUT2D eigenvalue weighted by Gasteiger charge is 2.34. The standard InChI is InChI=1S/C28H35NO6S/c1-19(2)25-12-11-20(3)15-26(25)35-27(30)18-34-28(31)22-9-6-10-24(16-22)36(32,33)29-14-13-21-7-4-5-8-23(21)17-29/h4-10,16,19-20,25-26H,11-15,17-18H2,1-3H3/t20-,25-,26-/m0/s1. The van der Waals surface area contributed by atoms with Crippen LogP contribution in [0, 0.1) is 17.8 Å². The summed E-state index contributed by atoms with van der Waals surface area (Å²) in [6.45, 7) is 6.57. The average molecular weight is 514 g/mol. The molecule has 1 fully saturated rings. The van der Waals surface area contributed by atoms with Gasteiger partial charge in [-0.05, 0) is 66.3 Å². The Labute approximate surface area is 213 Å². The molecule has 0 bridgehead atoms. The second-order valence-corrected chi connectivity index (χ2v) is 12.3. The molecule has 36 heavy (non-hydrogen) atoms. The summed E-state index contributed by atoms with van der Waals surface area (Å²) in [5, 5.41) is 0. The van der Waals surface area contributed by atoms with E-state index in [1.54, 1.807) is 0 Å². The average Bonchev–Trinajstić information content (AvgIpc) is 2.87. The quantitative estimate of drug-likeness (QED) is 0.503. The summed E-state index contributed by atoms with van der Waals surface area (Å²) < 4.78 is 38.8. The molecule has 0 N–H and O–H groups in total. The van der Waals surface area contributed by atoms with Crippen LogP contribution in [-0.2, 0) is 37.3 Å². The van der Waals surface area contributed by atoms with Gasteiger partial charge in [0.25, 0.3) is 0 Å². The summed E-state index contributed by atoms with van der Waals surface area (Å²) in [6.07, 6.45) is 3.40. The van der Waals surface area contributed by atoms with Crippen molar-refractivity contribution in [2.75, 3.05) is 13.2 Å². The van der Waals surface area contributed by atoms with Crippen molar-refractivity contribution in [3.8, 4) is 0 Å². The number of carbonyl (C=O) groups is 2. The van der Waals surface area contributed by atoms with Crippen molar-refractivity contribution < 1.29 is 27.5 Å². The number of sulfonamides is 1. The molecular weight excluding hydrogens is 478 g/mol. The van der Waals surface area contributed by atoms with Gasteiger partial charge in [0.15, 0.2) is 6.61 Å². The second kappa shape index (κ2) is 11.1. The lowest BCUT2D eigenvalue weighted by atomic mass is 9.75. The molecule has 7 nitrogen and oxygen atoms in total. The van der Waals surface area contributed by atoms with E-state index in [0.717, 1.165) is 30.4 Å². The molecule has 0 radical (unpaired) electrons. The number of esters is 2. The molecule has 1 saturated carbocycles. The summed E-state index contributed by atoms with van der Waals surface area (Å²) in [6, 6.07) is 13.6. The summed E-state index contributed by atoms with van der Waals surface area (Å²) in [5.74, 6) is -0.159. The predicted molar refractivity (Wildman–Crippen MR) is 136 cm³/mol. The van der Waals surface area contributed by atoms with Gasteiger partial charge in [0.05, 0.1) is 10.5 Å². The number of carbonyl (C=O) groups excluding carboxylic acids is 2. The molecule has 0 unspecified atom stereocenters. The van der Waals surface area contributed by atoms with Crippen molar-refractivity contribution in [1.82, 2.24) is 4.31 Å². The zero-order valence-corrected chi connectivity index (χ0v) is 22.0. The highest BCUT2D eigenvalue weighted by molar-refractivity contribution is 7.89. The Morgan fingerprint density at radius 1 is 1.06 bits per heavy atom. The van der Waals surface area contributed by atoms with E-state index in [0.29, 0.717) is 30.7 Å². The van der Waals surface area contributed by atoms with Crippen LogP contribution in [-0.4, -0.2) is 43.9 Å². The van der Waals surface area contributed by atoms with Gasteiger partial charge in [-0.1, -0.05) is 57.5 Å². The Kier molecular flexibility index (Phi) is 8.15. The van der Waals surface area contributed by atoms with Crippen LogP contribution in [0.15, 0.2) is 53.4 Å². The predicted octanol–water partition coefficient (Wildman–Crippen LogP) is 4.59. The lowest BCUT2D eigenvalue weighted by Gasteiger charge is -2.36. The van der Waals surface area contributed by atoms with E-state index in [1.807, 2.05) is 24.3 Å². The number of nitrogens with zero attached hydrogens (tertiary/aromatic N) is 1. The third kappa shape index (κ3) is 5.98. The first-order chi connectivity index (χ1) is 17.1. The first kappa shape index (κ1) is 26.4. The Balaban J connectivity index is 1.38. The van der Waals surface area contributed by atoms with Crippen molar-refractivity contribution in [2.24, 2.45) is 17.8 Å². The number of hydrogen-bond donors (Lipinski definition) is 0. The number of hydrogen-bond acceptors (Lipinski definition) is 6. The van der Waals surface area contributed by atoms with E-state index in [9.17, 15) is 18.0 Å². The molecule has 2 aromatic rings. The van der Waals surface area contributed by atoms with Crippen LogP contribution >= 0.6 is 0 Å². The molecule has 1 aliphatic heterocycles. The van der Waals surface area contributed by atoms with Crippen molar-refractivity contribution in [3.05, 3.63) is 65.2 Å². The van der Waals surface area contributed by atoms with Gasteiger partial charge in [0, 0.05) is 13.1 Å².